The monoisotopic (exact) mass is 1010 g/mol. The zero-order valence-corrected chi connectivity index (χ0v) is 48.5. The fourth-order valence-corrected chi connectivity index (χ4v) is 9.53. The van der Waals surface area contributed by atoms with Crippen LogP contribution in [0.25, 0.3) is 0 Å². The van der Waals surface area contributed by atoms with Gasteiger partial charge in [-0.1, -0.05) is 288 Å². The molecule has 0 aliphatic carbocycles. The highest BCUT2D eigenvalue weighted by Crippen LogP contribution is 2.17. The molecule has 0 amide bonds. The summed E-state index contributed by atoms with van der Waals surface area (Å²) in [4.78, 5) is 37.9. The van der Waals surface area contributed by atoms with Crippen molar-refractivity contribution in [2.75, 3.05) is 13.2 Å². The molecule has 72 heavy (non-hydrogen) atoms. The molecule has 0 aromatic heterocycles. The van der Waals surface area contributed by atoms with Crippen molar-refractivity contribution in [2.45, 2.75) is 354 Å². The number of hydrogen-bond acceptors (Lipinski definition) is 6. The van der Waals surface area contributed by atoms with E-state index in [1.807, 2.05) is 0 Å². The van der Waals surface area contributed by atoms with E-state index in [2.05, 4.69) is 57.2 Å². The van der Waals surface area contributed by atoms with Crippen molar-refractivity contribution in [3.8, 4) is 0 Å². The van der Waals surface area contributed by atoms with Gasteiger partial charge in [0.15, 0.2) is 6.10 Å². The lowest BCUT2D eigenvalue weighted by molar-refractivity contribution is -0.167. The highest BCUT2D eigenvalue weighted by Gasteiger charge is 2.19. The summed E-state index contributed by atoms with van der Waals surface area (Å²) in [6.45, 7) is 6.60. The Morgan fingerprint density at radius 3 is 0.778 bits per heavy atom. The third kappa shape index (κ3) is 58.5. The second kappa shape index (κ2) is 61.2. The first-order chi connectivity index (χ1) is 35.5. The van der Waals surface area contributed by atoms with E-state index in [0.717, 1.165) is 70.6 Å². The van der Waals surface area contributed by atoms with Crippen LogP contribution in [0.5, 0.6) is 0 Å². The molecule has 1 atom stereocenters. The lowest BCUT2D eigenvalue weighted by Gasteiger charge is -2.18. The topological polar surface area (TPSA) is 78.9 Å². The Balaban J connectivity index is 3.92. The lowest BCUT2D eigenvalue weighted by Crippen LogP contribution is -2.30. The van der Waals surface area contributed by atoms with Gasteiger partial charge in [-0.05, 0) is 77.0 Å². The standard InChI is InChI=1S/C66H122O6/c1-4-7-10-13-16-18-20-22-24-25-26-27-28-29-30-31-32-33-34-35-36-37-38-39-40-41-43-44-46-48-50-53-56-59-65(68)71-62-63(61-70-64(67)58-55-52-15-12-9-6-3)72-66(69)60-57-54-51-49-47-45-42-23-21-19-17-14-11-8-5-2/h20,22-23,25-26,42,63H,4-19,21,24,27-41,43-62H2,1-3H3/b22-20-,26-25-,42-23-. The molecule has 1 unspecified atom stereocenters. The number of unbranched alkanes of at least 4 members (excludes halogenated alkanes) is 42. The molecule has 0 heterocycles. The molecule has 0 rings (SSSR count). The molecule has 0 spiro atoms. The van der Waals surface area contributed by atoms with Gasteiger partial charge in [0.05, 0.1) is 0 Å². The van der Waals surface area contributed by atoms with Crippen LogP contribution in [0.2, 0.25) is 0 Å². The SMILES string of the molecule is CCCCCCC/C=C\C/C=C\CCCCCCCCCCCCCCCCCCCCCCCC(=O)OCC(COC(=O)CCCCCCCC)OC(=O)CCCCCCC/C=C\CCCCCCCC. The van der Waals surface area contributed by atoms with Gasteiger partial charge in [0.2, 0.25) is 0 Å². The van der Waals surface area contributed by atoms with Gasteiger partial charge in [-0.3, -0.25) is 14.4 Å². The molecule has 6 nitrogen and oxygen atoms in total. The fourth-order valence-electron chi connectivity index (χ4n) is 9.53. The van der Waals surface area contributed by atoms with Crippen LogP contribution in [0.4, 0.5) is 0 Å². The van der Waals surface area contributed by atoms with Gasteiger partial charge in [-0.15, -0.1) is 0 Å². The van der Waals surface area contributed by atoms with Crippen LogP contribution >= 0.6 is 0 Å². The number of carbonyl (C=O) groups is 3. The first kappa shape index (κ1) is 69.6. The number of rotatable bonds is 59. The Morgan fingerprint density at radius 2 is 0.500 bits per heavy atom. The van der Waals surface area contributed by atoms with Crippen LogP contribution < -0.4 is 0 Å². The van der Waals surface area contributed by atoms with Crippen LogP contribution in [-0.4, -0.2) is 37.2 Å². The van der Waals surface area contributed by atoms with Crippen molar-refractivity contribution in [1.82, 2.24) is 0 Å². The minimum atomic E-state index is -0.770. The summed E-state index contributed by atoms with van der Waals surface area (Å²) in [5.41, 5.74) is 0. The van der Waals surface area contributed by atoms with Crippen molar-refractivity contribution in [2.24, 2.45) is 0 Å². The third-order valence-electron chi connectivity index (χ3n) is 14.4. The van der Waals surface area contributed by atoms with Gasteiger partial charge in [0.1, 0.15) is 13.2 Å². The van der Waals surface area contributed by atoms with E-state index >= 15 is 0 Å². The average molecular weight is 1010 g/mol. The summed E-state index contributed by atoms with van der Waals surface area (Å²) >= 11 is 0. The van der Waals surface area contributed by atoms with E-state index in [1.54, 1.807) is 0 Å². The predicted octanol–water partition coefficient (Wildman–Crippen LogP) is 21.6. The summed E-state index contributed by atoms with van der Waals surface area (Å²) < 4.78 is 16.8. The molecule has 0 saturated carbocycles. The Kier molecular flexibility index (Phi) is 59.2. The minimum Gasteiger partial charge on any atom is -0.462 e. The maximum Gasteiger partial charge on any atom is 0.306 e. The van der Waals surface area contributed by atoms with Crippen molar-refractivity contribution < 1.29 is 28.6 Å². The summed E-state index contributed by atoms with van der Waals surface area (Å²) in [5, 5.41) is 0. The van der Waals surface area contributed by atoms with Crippen molar-refractivity contribution in [1.29, 1.82) is 0 Å². The van der Waals surface area contributed by atoms with E-state index in [-0.39, 0.29) is 31.1 Å². The molecule has 0 N–H and O–H groups in total. The van der Waals surface area contributed by atoms with Gasteiger partial charge in [0.25, 0.3) is 0 Å². The van der Waals surface area contributed by atoms with Crippen molar-refractivity contribution >= 4 is 17.9 Å². The number of esters is 3. The minimum absolute atomic E-state index is 0.0710. The number of carbonyl (C=O) groups excluding carboxylic acids is 3. The lowest BCUT2D eigenvalue weighted by atomic mass is 10.0. The van der Waals surface area contributed by atoms with Gasteiger partial charge < -0.3 is 14.2 Å². The molecule has 0 bridgehead atoms. The van der Waals surface area contributed by atoms with Crippen LogP contribution in [0.15, 0.2) is 36.5 Å². The van der Waals surface area contributed by atoms with Crippen molar-refractivity contribution in [3.05, 3.63) is 36.5 Å². The quantitative estimate of drug-likeness (QED) is 0.0261. The van der Waals surface area contributed by atoms with Gasteiger partial charge in [-0.25, -0.2) is 0 Å². The van der Waals surface area contributed by atoms with Crippen LogP contribution in [0, 0.1) is 0 Å². The van der Waals surface area contributed by atoms with E-state index in [4.69, 9.17) is 14.2 Å². The first-order valence-electron chi connectivity index (χ1n) is 32.0. The molecule has 6 heteroatoms. The summed E-state index contributed by atoms with van der Waals surface area (Å²) in [5.74, 6) is -0.871. The molecular weight excluding hydrogens is 889 g/mol. The average Bonchev–Trinajstić information content (AvgIpc) is 3.38. The van der Waals surface area contributed by atoms with Crippen molar-refractivity contribution in [3.63, 3.8) is 0 Å². The highest BCUT2D eigenvalue weighted by molar-refractivity contribution is 5.71. The Morgan fingerprint density at radius 1 is 0.278 bits per heavy atom. The molecule has 0 fully saturated rings. The maximum atomic E-state index is 12.8. The van der Waals surface area contributed by atoms with Crippen LogP contribution in [0.1, 0.15) is 348 Å². The second-order valence-corrected chi connectivity index (χ2v) is 21.7. The Hall–Kier alpha value is -2.37. The maximum absolute atomic E-state index is 12.8. The Bertz CT molecular complexity index is 1210. The van der Waals surface area contributed by atoms with E-state index < -0.39 is 6.10 Å². The molecule has 0 radical (unpaired) electrons. The predicted molar refractivity (Wildman–Crippen MR) is 312 cm³/mol. The fraction of sp³-hybridized carbons (Fsp3) is 0.864. The van der Waals surface area contributed by atoms with E-state index in [9.17, 15) is 14.4 Å². The summed E-state index contributed by atoms with van der Waals surface area (Å²) in [6, 6.07) is 0. The number of hydrogen-bond donors (Lipinski definition) is 0. The molecule has 422 valence electrons. The van der Waals surface area contributed by atoms with E-state index in [0.29, 0.717) is 19.3 Å². The molecule has 0 aliphatic rings. The smallest absolute Gasteiger partial charge is 0.306 e. The summed E-state index contributed by atoms with van der Waals surface area (Å²) in [6.07, 6.45) is 74.9. The van der Waals surface area contributed by atoms with Gasteiger partial charge >= 0.3 is 17.9 Å². The second-order valence-electron chi connectivity index (χ2n) is 21.7. The Labute approximate surface area is 448 Å². The van der Waals surface area contributed by atoms with Gasteiger partial charge in [-0.2, -0.15) is 0 Å². The van der Waals surface area contributed by atoms with E-state index in [1.165, 1.54) is 238 Å². The molecule has 0 aliphatic heterocycles. The first-order valence-corrected chi connectivity index (χ1v) is 32.0. The molecule has 0 aromatic carbocycles. The zero-order chi connectivity index (χ0) is 52.2. The number of allylic oxidation sites excluding steroid dienone is 6. The van der Waals surface area contributed by atoms with Crippen LogP contribution in [-0.2, 0) is 28.6 Å². The third-order valence-corrected chi connectivity index (χ3v) is 14.4. The number of ether oxygens (including phenoxy) is 3. The largest absolute Gasteiger partial charge is 0.462 e. The highest BCUT2D eigenvalue weighted by atomic mass is 16.6. The molecule has 0 aromatic rings. The van der Waals surface area contributed by atoms with Crippen LogP contribution in [0.3, 0.4) is 0 Å². The zero-order valence-electron chi connectivity index (χ0n) is 48.5. The van der Waals surface area contributed by atoms with Gasteiger partial charge in [0, 0.05) is 19.3 Å². The summed E-state index contributed by atoms with van der Waals surface area (Å²) in [7, 11) is 0. The molecular formula is C66H122O6. The molecule has 0 saturated heterocycles. The normalized spacial score (nSPS) is 12.2.